The molecule has 0 aromatic heterocycles. The van der Waals surface area contributed by atoms with Gasteiger partial charge in [0.05, 0.1) is 22.8 Å². The van der Waals surface area contributed by atoms with E-state index < -0.39 is 0 Å². The molecule has 1 N–H and O–H groups in total. The Labute approximate surface area is 157 Å². The highest BCUT2D eigenvalue weighted by Crippen LogP contribution is 2.31. The van der Waals surface area contributed by atoms with E-state index in [4.69, 9.17) is 11.6 Å². The van der Waals surface area contributed by atoms with E-state index in [9.17, 15) is 9.59 Å². The first kappa shape index (κ1) is 17.9. The Morgan fingerprint density at radius 1 is 1.12 bits per heavy atom. The molecule has 1 aliphatic heterocycles. The average Bonchev–Trinajstić information content (AvgIpc) is 2.78. The third kappa shape index (κ3) is 3.41. The van der Waals surface area contributed by atoms with Crippen molar-refractivity contribution in [1.29, 1.82) is 0 Å². The number of rotatable bonds is 4. The Kier molecular flexibility index (Phi) is 4.95. The molecule has 0 atom stereocenters. The van der Waals surface area contributed by atoms with Gasteiger partial charge in [0.15, 0.2) is 0 Å². The van der Waals surface area contributed by atoms with E-state index in [0.717, 1.165) is 28.9 Å². The van der Waals surface area contributed by atoms with E-state index in [2.05, 4.69) is 10.3 Å². The second kappa shape index (κ2) is 7.17. The van der Waals surface area contributed by atoms with Gasteiger partial charge in [-0.1, -0.05) is 17.7 Å². The Hall–Kier alpha value is -2.86. The smallest absolute Gasteiger partial charge is 0.246 e. The molecule has 0 radical (unpaired) electrons. The average molecular weight is 371 g/mol. The van der Waals surface area contributed by atoms with Crippen LogP contribution in [0, 0.1) is 0 Å². The highest BCUT2D eigenvalue weighted by atomic mass is 35.5. The predicted octanol–water partition coefficient (Wildman–Crippen LogP) is 2.79. The lowest BCUT2D eigenvalue weighted by molar-refractivity contribution is -0.114. The molecule has 1 heterocycles. The highest BCUT2D eigenvalue weighted by Gasteiger charge is 2.20. The number of amides is 2. The van der Waals surface area contributed by atoms with Crippen LogP contribution in [0.15, 0.2) is 41.4 Å². The number of carbonyl (C=O) groups excluding carboxylic acids is 2. The molecule has 3 rings (SSSR count). The van der Waals surface area contributed by atoms with Gasteiger partial charge in [0.1, 0.15) is 6.54 Å². The van der Waals surface area contributed by atoms with Crippen molar-refractivity contribution in [3.05, 3.63) is 52.5 Å². The number of benzodiazepines with no additional fused rings is 1. The van der Waals surface area contributed by atoms with Gasteiger partial charge in [-0.15, -0.1) is 0 Å². The van der Waals surface area contributed by atoms with Crippen LogP contribution in [0.25, 0.3) is 0 Å². The molecule has 1 aliphatic rings. The summed E-state index contributed by atoms with van der Waals surface area (Å²) in [6.07, 6.45) is 0.767. The lowest BCUT2D eigenvalue weighted by Crippen LogP contribution is -2.20. The molecule has 6 nitrogen and oxygen atoms in total. The molecule has 0 unspecified atom stereocenters. The molecule has 0 saturated carbocycles. The van der Waals surface area contributed by atoms with E-state index in [1.165, 1.54) is 4.90 Å². The van der Waals surface area contributed by atoms with Crippen LogP contribution in [0.1, 0.15) is 11.1 Å². The van der Waals surface area contributed by atoms with Crippen molar-refractivity contribution in [2.24, 2.45) is 4.99 Å². The summed E-state index contributed by atoms with van der Waals surface area (Å²) in [5.41, 5.74) is 4.62. The summed E-state index contributed by atoms with van der Waals surface area (Å²) in [6, 6.07) is 11.0. The normalized spacial score (nSPS) is 13.2. The molecule has 26 heavy (non-hydrogen) atoms. The Balaban J connectivity index is 2.17. The van der Waals surface area contributed by atoms with E-state index in [-0.39, 0.29) is 12.5 Å². The molecule has 2 amide bonds. The molecule has 2 aromatic carbocycles. The summed E-state index contributed by atoms with van der Waals surface area (Å²) >= 11 is 6.16. The zero-order valence-corrected chi connectivity index (χ0v) is 15.5. The number of anilines is 3. The first-order valence-electron chi connectivity index (χ1n) is 8.05. The second-order valence-corrected chi connectivity index (χ2v) is 6.65. The maximum atomic E-state index is 12.0. The largest absolute Gasteiger partial charge is 0.376 e. The first-order valence-corrected chi connectivity index (χ1v) is 8.42. The number of halogens is 1. The van der Waals surface area contributed by atoms with Gasteiger partial charge in [-0.3, -0.25) is 14.6 Å². The lowest BCUT2D eigenvalue weighted by Gasteiger charge is -2.23. The summed E-state index contributed by atoms with van der Waals surface area (Å²) in [7, 11) is 5.52. The van der Waals surface area contributed by atoms with Gasteiger partial charge in [0.2, 0.25) is 12.3 Å². The molecule has 0 bridgehead atoms. The molecule has 0 fully saturated rings. The Morgan fingerprint density at radius 3 is 2.58 bits per heavy atom. The number of hydrogen-bond donors (Lipinski definition) is 1. The Morgan fingerprint density at radius 2 is 1.88 bits per heavy atom. The third-order valence-electron chi connectivity index (χ3n) is 4.16. The summed E-state index contributed by atoms with van der Waals surface area (Å²) < 4.78 is 0. The van der Waals surface area contributed by atoms with Crippen molar-refractivity contribution in [3.8, 4) is 0 Å². The number of benzene rings is 2. The maximum Gasteiger partial charge on any atom is 0.246 e. The quantitative estimate of drug-likeness (QED) is 0.842. The van der Waals surface area contributed by atoms with Crippen LogP contribution in [0.4, 0.5) is 17.1 Å². The van der Waals surface area contributed by atoms with Crippen LogP contribution < -0.4 is 15.1 Å². The van der Waals surface area contributed by atoms with Crippen molar-refractivity contribution < 1.29 is 9.59 Å². The second-order valence-electron chi connectivity index (χ2n) is 6.22. The van der Waals surface area contributed by atoms with Crippen LogP contribution >= 0.6 is 11.6 Å². The molecule has 2 aromatic rings. The van der Waals surface area contributed by atoms with Gasteiger partial charge >= 0.3 is 0 Å². The molecular formula is C19H19ClN4O2. The standard InChI is InChI=1S/C19H19ClN4O2/c1-23(2)17-8-12(4-7-16(17)24(3)11-25)19-14-9-13(20)5-6-15(14)22-18(26)10-21-19/h4-9,11H,10H2,1-3H3,(H,22,26). The van der Waals surface area contributed by atoms with Gasteiger partial charge in [-0.25, -0.2) is 0 Å². The predicted molar refractivity (Wildman–Crippen MR) is 106 cm³/mol. The van der Waals surface area contributed by atoms with Crippen molar-refractivity contribution in [3.63, 3.8) is 0 Å². The van der Waals surface area contributed by atoms with Crippen LogP contribution in [-0.2, 0) is 9.59 Å². The number of nitrogens with one attached hydrogen (secondary N) is 1. The van der Waals surface area contributed by atoms with E-state index in [0.29, 0.717) is 16.4 Å². The van der Waals surface area contributed by atoms with Gasteiger partial charge in [-0.05, 0) is 30.3 Å². The minimum atomic E-state index is -0.172. The van der Waals surface area contributed by atoms with Crippen LogP contribution in [0.2, 0.25) is 5.02 Å². The summed E-state index contributed by atoms with van der Waals surface area (Å²) in [4.78, 5) is 31.1. The minimum absolute atomic E-state index is 0.0366. The Bertz CT molecular complexity index is 908. The SMILES string of the molecule is CN(C)c1cc(C2=NCC(=O)Nc3ccc(Cl)cc32)ccc1N(C)C=O. The molecule has 0 saturated heterocycles. The summed E-state index contributed by atoms with van der Waals surface area (Å²) in [5, 5.41) is 3.42. The molecule has 0 aliphatic carbocycles. The fraction of sp³-hybridized carbons (Fsp3) is 0.211. The fourth-order valence-corrected chi connectivity index (χ4v) is 3.05. The van der Waals surface area contributed by atoms with E-state index in [1.54, 1.807) is 25.2 Å². The van der Waals surface area contributed by atoms with Crippen molar-refractivity contribution in [2.75, 3.05) is 42.8 Å². The highest BCUT2D eigenvalue weighted by molar-refractivity contribution is 6.32. The fourth-order valence-electron chi connectivity index (χ4n) is 2.88. The monoisotopic (exact) mass is 370 g/mol. The lowest BCUT2D eigenvalue weighted by atomic mass is 9.99. The number of hydrogen-bond acceptors (Lipinski definition) is 4. The topological polar surface area (TPSA) is 65.0 Å². The first-order chi connectivity index (χ1) is 12.4. The molecule has 134 valence electrons. The number of aliphatic imine (C=N–C) groups is 1. The van der Waals surface area contributed by atoms with Crippen LogP contribution in [0.3, 0.4) is 0 Å². The third-order valence-corrected chi connectivity index (χ3v) is 4.40. The van der Waals surface area contributed by atoms with Gasteiger partial charge in [0.25, 0.3) is 0 Å². The zero-order valence-electron chi connectivity index (χ0n) is 14.8. The van der Waals surface area contributed by atoms with Crippen molar-refractivity contribution >= 4 is 46.7 Å². The van der Waals surface area contributed by atoms with Crippen LogP contribution in [0.5, 0.6) is 0 Å². The van der Waals surface area contributed by atoms with Gasteiger partial charge in [0, 0.05) is 37.3 Å². The minimum Gasteiger partial charge on any atom is -0.376 e. The summed E-state index contributed by atoms with van der Waals surface area (Å²) in [6.45, 7) is 0.0366. The van der Waals surface area contributed by atoms with E-state index in [1.807, 2.05) is 37.2 Å². The number of nitrogens with zero attached hydrogens (tertiary/aromatic N) is 3. The summed E-state index contributed by atoms with van der Waals surface area (Å²) in [5.74, 6) is -0.172. The van der Waals surface area contributed by atoms with Crippen molar-refractivity contribution in [2.45, 2.75) is 0 Å². The molecule has 7 heteroatoms. The van der Waals surface area contributed by atoms with E-state index >= 15 is 0 Å². The maximum absolute atomic E-state index is 12.0. The van der Waals surface area contributed by atoms with Crippen molar-refractivity contribution in [1.82, 2.24) is 0 Å². The number of fused-ring (bicyclic) bond motifs is 1. The molecule has 0 spiro atoms. The van der Waals surface area contributed by atoms with Crippen LogP contribution in [-0.4, -0.2) is 45.7 Å². The van der Waals surface area contributed by atoms with Gasteiger partial charge in [-0.2, -0.15) is 0 Å². The zero-order chi connectivity index (χ0) is 18.8. The number of carbonyl (C=O) groups is 2. The van der Waals surface area contributed by atoms with Gasteiger partial charge < -0.3 is 15.1 Å². The molecular weight excluding hydrogens is 352 g/mol.